The summed E-state index contributed by atoms with van der Waals surface area (Å²) in [6.07, 6.45) is 7.91. The molecule has 0 aromatic heterocycles. The van der Waals surface area contributed by atoms with Gasteiger partial charge in [-0.2, -0.15) is 0 Å². The van der Waals surface area contributed by atoms with Crippen LogP contribution in [-0.4, -0.2) is 35.2 Å². The summed E-state index contributed by atoms with van der Waals surface area (Å²) in [5.41, 5.74) is 0. The van der Waals surface area contributed by atoms with Crippen LogP contribution in [0.1, 0.15) is 52.4 Å². The zero-order valence-corrected chi connectivity index (χ0v) is 10.9. The summed E-state index contributed by atoms with van der Waals surface area (Å²) >= 11 is 0. The Bertz CT molecular complexity index is 219. The Morgan fingerprint density at radius 1 is 1.06 bits per heavy atom. The molecule has 0 radical (unpaired) electrons. The van der Waals surface area contributed by atoms with Crippen LogP contribution in [0.15, 0.2) is 0 Å². The first-order valence-corrected chi connectivity index (χ1v) is 7.09. The van der Waals surface area contributed by atoms with Gasteiger partial charge in [0.25, 0.3) is 0 Å². The van der Waals surface area contributed by atoms with E-state index in [9.17, 15) is 5.11 Å². The fraction of sp³-hybridized carbons (Fsp3) is 1.00. The van der Waals surface area contributed by atoms with E-state index in [1.165, 1.54) is 45.1 Å². The molecule has 2 heteroatoms. The Morgan fingerprint density at radius 2 is 1.88 bits per heavy atom. The number of nitrogens with zero attached hydrogens (tertiary/aromatic N) is 1. The summed E-state index contributed by atoms with van der Waals surface area (Å²) in [7, 11) is 0. The molecule has 16 heavy (non-hydrogen) atoms. The fourth-order valence-electron chi connectivity index (χ4n) is 3.52. The standard InChI is InChI=1S/C14H27NO/c1-11-6-7-13(9-12(11)2)15-8-4-3-5-14(15)10-16/h11-14,16H,3-10H2,1-2H3. The first kappa shape index (κ1) is 12.4. The summed E-state index contributed by atoms with van der Waals surface area (Å²) in [5.74, 6) is 1.76. The normalized spacial score (nSPS) is 42.2. The highest BCUT2D eigenvalue weighted by Crippen LogP contribution is 2.34. The van der Waals surface area contributed by atoms with Gasteiger partial charge >= 0.3 is 0 Å². The number of hydrogen-bond donors (Lipinski definition) is 1. The van der Waals surface area contributed by atoms with E-state index in [0.29, 0.717) is 12.6 Å². The number of hydrogen-bond acceptors (Lipinski definition) is 2. The Hall–Kier alpha value is -0.0800. The van der Waals surface area contributed by atoms with Crippen molar-refractivity contribution in [3.8, 4) is 0 Å². The Balaban J connectivity index is 1.95. The lowest BCUT2D eigenvalue weighted by Crippen LogP contribution is -2.50. The second kappa shape index (κ2) is 5.50. The topological polar surface area (TPSA) is 23.5 Å². The summed E-state index contributed by atoms with van der Waals surface area (Å²) in [6, 6.07) is 1.21. The third-order valence-electron chi connectivity index (χ3n) is 4.92. The van der Waals surface area contributed by atoms with Gasteiger partial charge in [0.1, 0.15) is 0 Å². The zero-order chi connectivity index (χ0) is 11.5. The SMILES string of the molecule is CC1CCC(N2CCCCC2CO)CC1C. The van der Waals surface area contributed by atoms with Crippen molar-refractivity contribution in [1.82, 2.24) is 4.90 Å². The lowest BCUT2D eigenvalue weighted by atomic mass is 9.78. The van der Waals surface area contributed by atoms with Crippen LogP contribution in [0.4, 0.5) is 0 Å². The van der Waals surface area contributed by atoms with Gasteiger partial charge < -0.3 is 5.11 Å². The maximum absolute atomic E-state index is 9.47. The quantitative estimate of drug-likeness (QED) is 0.781. The second-order valence-electron chi connectivity index (χ2n) is 5.99. The average Bonchev–Trinajstić information content (AvgIpc) is 2.32. The van der Waals surface area contributed by atoms with Crippen LogP contribution in [0.3, 0.4) is 0 Å². The number of likely N-dealkylation sites (tertiary alicyclic amines) is 1. The summed E-state index contributed by atoms with van der Waals surface area (Å²) in [6.45, 7) is 6.37. The number of piperidine rings is 1. The molecule has 2 rings (SSSR count). The molecule has 0 aromatic rings. The van der Waals surface area contributed by atoms with E-state index in [2.05, 4.69) is 18.7 Å². The van der Waals surface area contributed by atoms with Crippen molar-refractivity contribution >= 4 is 0 Å². The van der Waals surface area contributed by atoms with Crippen molar-refractivity contribution < 1.29 is 5.11 Å². The highest BCUT2D eigenvalue weighted by atomic mass is 16.3. The molecule has 1 heterocycles. The van der Waals surface area contributed by atoms with Crippen LogP contribution >= 0.6 is 0 Å². The third-order valence-corrected chi connectivity index (χ3v) is 4.92. The largest absolute Gasteiger partial charge is 0.395 e. The predicted molar refractivity (Wildman–Crippen MR) is 67.4 cm³/mol. The van der Waals surface area contributed by atoms with E-state index < -0.39 is 0 Å². The van der Waals surface area contributed by atoms with Gasteiger partial charge in [-0.1, -0.05) is 20.3 Å². The van der Waals surface area contributed by atoms with Gasteiger partial charge in [-0.3, -0.25) is 4.90 Å². The molecule has 1 aliphatic heterocycles. The third kappa shape index (κ3) is 2.60. The van der Waals surface area contributed by atoms with Crippen LogP contribution < -0.4 is 0 Å². The highest BCUT2D eigenvalue weighted by Gasteiger charge is 2.33. The summed E-state index contributed by atoms with van der Waals surface area (Å²) in [5, 5.41) is 9.47. The average molecular weight is 225 g/mol. The zero-order valence-electron chi connectivity index (χ0n) is 10.9. The molecule has 4 atom stereocenters. The molecule has 0 bridgehead atoms. The molecule has 0 amide bonds. The first-order chi connectivity index (χ1) is 7.72. The second-order valence-corrected chi connectivity index (χ2v) is 5.99. The molecule has 1 N–H and O–H groups in total. The van der Waals surface area contributed by atoms with Crippen molar-refractivity contribution in [3.63, 3.8) is 0 Å². The van der Waals surface area contributed by atoms with Gasteiger partial charge in [0.2, 0.25) is 0 Å². The molecule has 0 aromatic carbocycles. The van der Waals surface area contributed by atoms with E-state index in [4.69, 9.17) is 0 Å². The number of rotatable bonds is 2. The maximum Gasteiger partial charge on any atom is 0.0586 e. The lowest BCUT2D eigenvalue weighted by molar-refractivity contribution is 0.0212. The monoisotopic (exact) mass is 225 g/mol. The van der Waals surface area contributed by atoms with Crippen molar-refractivity contribution in [2.45, 2.75) is 64.5 Å². The van der Waals surface area contributed by atoms with Gasteiger partial charge in [0, 0.05) is 12.1 Å². The van der Waals surface area contributed by atoms with Gasteiger partial charge in [-0.15, -0.1) is 0 Å². The van der Waals surface area contributed by atoms with E-state index >= 15 is 0 Å². The maximum atomic E-state index is 9.47. The van der Waals surface area contributed by atoms with Crippen LogP contribution in [0.5, 0.6) is 0 Å². The molecule has 0 spiro atoms. The molecule has 2 nitrogen and oxygen atoms in total. The van der Waals surface area contributed by atoms with E-state index in [1.54, 1.807) is 0 Å². The highest BCUT2D eigenvalue weighted by molar-refractivity contribution is 4.87. The van der Waals surface area contributed by atoms with Crippen LogP contribution in [0.25, 0.3) is 0 Å². The summed E-state index contributed by atoms with van der Waals surface area (Å²) < 4.78 is 0. The Labute approximate surface area is 100 Å². The Kier molecular flexibility index (Phi) is 4.26. The minimum absolute atomic E-state index is 0.362. The minimum Gasteiger partial charge on any atom is -0.395 e. The van der Waals surface area contributed by atoms with Crippen LogP contribution in [0.2, 0.25) is 0 Å². The lowest BCUT2D eigenvalue weighted by Gasteiger charge is -2.44. The van der Waals surface area contributed by atoms with Crippen LogP contribution in [0, 0.1) is 11.8 Å². The number of aliphatic hydroxyl groups excluding tert-OH is 1. The first-order valence-electron chi connectivity index (χ1n) is 7.09. The van der Waals surface area contributed by atoms with Gasteiger partial charge in [0.05, 0.1) is 6.61 Å². The number of aliphatic hydroxyl groups is 1. The molecule has 1 saturated carbocycles. The van der Waals surface area contributed by atoms with Gasteiger partial charge in [0.15, 0.2) is 0 Å². The Morgan fingerprint density at radius 3 is 2.56 bits per heavy atom. The van der Waals surface area contributed by atoms with Crippen molar-refractivity contribution in [2.24, 2.45) is 11.8 Å². The van der Waals surface area contributed by atoms with Crippen molar-refractivity contribution in [1.29, 1.82) is 0 Å². The fourth-order valence-corrected chi connectivity index (χ4v) is 3.52. The van der Waals surface area contributed by atoms with Gasteiger partial charge in [-0.25, -0.2) is 0 Å². The van der Waals surface area contributed by atoms with E-state index in [0.717, 1.165) is 17.9 Å². The van der Waals surface area contributed by atoms with Crippen LogP contribution in [-0.2, 0) is 0 Å². The molecular formula is C14H27NO. The van der Waals surface area contributed by atoms with E-state index in [-0.39, 0.29) is 0 Å². The minimum atomic E-state index is 0.362. The summed E-state index contributed by atoms with van der Waals surface area (Å²) in [4.78, 5) is 2.62. The van der Waals surface area contributed by atoms with Crippen molar-refractivity contribution in [2.75, 3.05) is 13.2 Å². The van der Waals surface area contributed by atoms with E-state index in [1.807, 2.05) is 0 Å². The van der Waals surface area contributed by atoms with Crippen molar-refractivity contribution in [3.05, 3.63) is 0 Å². The molecule has 2 aliphatic rings. The van der Waals surface area contributed by atoms with Gasteiger partial charge in [-0.05, 0) is 50.5 Å². The molecular weight excluding hydrogens is 198 g/mol. The molecule has 1 saturated heterocycles. The molecule has 4 unspecified atom stereocenters. The molecule has 94 valence electrons. The molecule has 1 aliphatic carbocycles. The molecule has 2 fully saturated rings. The smallest absolute Gasteiger partial charge is 0.0586 e. The predicted octanol–water partition coefficient (Wildman–Crippen LogP) is 2.66.